The highest BCUT2D eigenvalue weighted by atomic mass is 35.5. The summed E-state index contributed by atoms with van der Waals surface area (Å²) in [5.74, 6) is -0.665. The van der Waals surface area contributed by atoms with Gasteiger partial charge in [-0.15, -0.1) is 5.10 Å². The molecule has 1 aliphatic heterocycles. The molecule has 2 aromatic heterocycles. The number of nitrogens with one attached hydrogen (secondary N) is 1. The van der Waals surface area contributed by atoms with Crippen molar-refractivity contribution in [3.8, 4) is 0 Å². The van der Waals surface area contributed by atoms with Crippen LogP contribution in [0.3, 0.4) is 0 Å². The van der Waals surface area contributed by atoms with Crippen molar-refractivity contribution in [1.82, 2.24) is 29.4 Å². The van der Waals surface area contributed by atoms with E-state index in [0.29, 0.717) is 36.6 Å². The summed E-state index contributed by atoms with van der Waals surface area (Å²) in [6.45, 7) is 2.95. The number of methoxy groups -OCH3 is 1. The Morgan fingerprint density at radius 1 is 1.31 bits per heavy atom. The number of ether oxygens (including phenoxy) is 1. The third-order valence-electron chi connectivity index (χ3n) is 6.41. The lowest BCUT2D eigenvalue weighted by Crippen LogP contribution is -2.43. The van der Waals surface area contributed by atoms with Crippen molar-refractivity contribution >= 4 is 34.7 Å². The molecule has 13 heteroatoms. The second-order valence-corrected chi connectivity index (χ2v) is 9.25. The van der Waals surface area contributed by atoms with Gasteiger partial charge in [0, 0.05) is 26.4 Å². The number of alkyl halides is 3. The number of amides is 1. The number of nitrogens with zero attached hydrogens (tertiary/aromatic N) is 6. The van der Waals surface area contributed by atoms with Crippen molar-refractivity contribution in [2.45, 2.75) is 31.7 Å². The van der Waals surface area contributed by atoms with Gasteiger partial charge in [-0.05, 0) is 56.2 Å². The third-order valence-corrected chi connectivity index (χ3v) is 6.57. The zero-order chi connectivity index (χ0) is 26.2. The van der Waals surface area contributed by atoms with Crippen LogP contribution in [0, 0.1) is 5.92 Å². The maximum Gasteiger partial charge on any atom is 0.413 e. The summed E-state index contributed by atoms with van der Waals surface area (Å²) in [6.07, 6.45) is -2.97. The lowest BCUT2D eigenvalue weighted by Gasteiger charge is -2.32. The molecular weight excluding hydrogens is 499 g/mol. The number of halogens is 4. The summed E-state index contributed by atoms with van der Waals surface area (Å²) in [6, 6.07) is 3.72. The second kappa shape index (κ2) is 10.2. The van der Waals surface area contributed by atoms with E-state index in [1.54, 1.807) is 0 Å². The van der Waals surface area contributed by atoms with Crippen LogP contribution >= 0.6 is 11.6 Å². The number of aromatic nitrogens is 4. The molecule has 0 bridgehead atoms. The van der Waals surface area contributed by atoms with Crippen LogP contribution in [0.25, 0.3) is 5.78 Å². The number of carbonyl (C=O) groups excluding carboxylic acids is 1. The Hall–Kier alpha value is -2.96. The van der Waals surface area contributed by atoms with Crippen molar-refractivity contribution in [1.29, 1.82) is 0 Å². The first-order chi connectivity index (χ1) is 17.0. The van der Waals surface area contributed by atoms with Gasteiger partial charge in [-0.2, -0.15) is 22.7 Å². The maximum atomic E-state index is 14.1. The molecule has 0 radical (unpaired) electrons. The van der Waals surface area contributed by atoms with Crippen LogP contribution in [0.1, 0.15) is 36.7 Å². The van der Waals surface area contributed by atoms with Gasteiger partial charge < -0.3 is 19.9 Å². The number of likely N-dealkylation sites (tertiary alicyclic amines) is 1. The molecule has 1 aliphatic rings. The lowest BCUT2D eigenvalue weighted by molar-refractivity contribution is -0.190. The maximum absolute atomic E-state index is 14.1. The average Bonchev–Trinajstić information content (AvgIpc) is 3.42. The SMILES string of the molecule is CO[C@@H](C)c1c(Nc2ccc([C@H](N(C)C(=O)C3CCN(C)C3)C(F)(F)F)cc2)cnc2nc(Cl)nn12. The molecule has 0 spiro atoms. The summed E-state index contributed by atoms with van der Waals surface area (Å²) < 4.78 is 49.2. The van der Waals surface area contributed by atoms with Crippen LogP contribution in [0.2, 0.25) is 5.28 Å². The minimum Gasteiger partial charge on any atom is -0.375 e. The highest BCUT2D eigenvalue weighted by molar-refractivity contribution is 6.28. The van der Waals surface area contributed by atoms with Crippen LogP contribution < -0.4 is 5.32 Å². The minimum atomic E-state index is -4.63. The number of benzene rings is 1. The zero-order valence-corrected chi connectivity index (χ0v) is 21.0. The summed E-state index contributed by atoms with van der Waals surface area (Å²) in [5, 5.41) is 7.32. The second-order valence-electron chi connectivity index (χ2n) is 8.92. The molecule has 1 N–H and O–H groups in total. The highest BCUT2D eigenvalue weighted by Crippen LogP contribution is 2.39. The van der Waals surface area contributed by atoms with Gasteiger partial charge in [0.1, 0.15) is 0 Å². The molecule has 4 rings (SSSR count). The van der Waals surface area contributed by atoms with Gasteiger partial charge in [0.05, 0.1) is 29.6 Å². The standard InChI is InChI=1S/C23H27ClF3N7O2/c1-13(36-4)18-17(11-28-22-30-21(24)31-34(18)22)29-16-7-5-14(6-8-16)19(23(25,26)27)33(3)20(35)15-9-10-32(2)12-15/h5-8,11,13,15,19,29H,9-10,12H2,1-4H3/t13-,15?,19-/m0/s1. The molecule has 36 heavy (non-hydrogen) atoms. The molecule has 194 valence electrons. The molecule has 0 saturated carbocycles. The van der Waals surface area contributed by atoms with Crippen molar-refractivity contribution < 1.29 is 22.7 Å². The molecule has 9 nitrogen and oxygen atoms in total. The first kappa shape index (κ1) is 26.1. The normalized spacial score (nSPS) is 18.4. The quantitative estimate of drug-likeness (QED) is 0.493. The Labute approximate surface area is 211 Å². The van der Waals surface area contributed by atoms with E-state index < -0.39 is 30.1 Å². The number of fused-ring (bicyclic) bond motifs is 1. The molecule has 1 unspecified atom stereocenters. The molecule has 3 atom stereocenters. The van der Waals surface area contributed by atoms with Crippen LogP contribution in [-0.4, -0.2) is 75.8 Å². The fourth-order valence-electron chi connectivity index (χ4n) is 4.51. The zero-order valence-electron chi connectivity index (χ0n) is 20.3. The third kappa shape index (κ3) is 5.25. The van der Waals surface area contributed by atoms with E-state index in [9.17, 15) is 18.0 Å². The summed E-state index contributed by atoms with van der Waals surface area (Å²) in [7, 11) is 4.60. The monoisotopic (exact) mass is 525 g/mol. The Bertz CT molecular complexity index is 1230. The van der Waals surface area contributed by atoms with Crippen molar-refractivity contribution in [2.75, 3.05) is 39.6 Å². The van der Waals surface area contributed by atoms with Gasteiger partial charge in [-0.3, -0.25) is 4.79 Å². The van der Waals surface area contributed by atoms with Crippen molar-refractivity contribution in [3.63, 3.8) is 0 Å². The summed E-state index contributed by atoms with van der Waals surface area (Å²) in [4.78, 5) is 23.9. The van der Waals surface area contributed by atoms with E-state index in [4.69, 9.17) is 16.3 Å². The van der Waals surface area contributed by atoms with Crippen molar-refractivity contribution in [2.24, 2.45) is 5.92 Å². The smallest absolute Gasteiger partial charge is 0.375 e. The van der Waals surface area contributed by atoms with Gasteiger partial charge in [0.2, 0.25) is 11.2 Å². The predicted molar refractivity (Wildman–Crippen MR) is 128 cm³/mol. The van der Waals surface area contributed by atoms with Gasteiger partial charge >= 0.3 is 6.18 Å². The Morgan fingerprint density at radius 3 is 2.58 bits per heavy atom. The highest BCUT2D eigenvalue weighted by Gasteiger charge is 2.46. The number of hydrogen-bond acceptors (Lipinski definition) is 7. The van der Waals surface area contributed by atoms with Crippen LogP contribution in [0.5, 0.6) is 0 Å². The molecule has 3 aromatic rings. The number of carbonyl (C=O) groups is 1. The topological polar surface area (TPSA) is 87.9 Å². The average molecular weight is 526 g/mol. The molecule has 3 heterocycles. The van der Waals surface area contributed by atoms with E-state index in [-0.39, 0.29) is 16.6 Å². The summed E-state index contributed by atoms with van der Waals surface area (Å²) in [5.41, 5.74) is 1.60. The Balaban J connectivity index is 1.60. The number of rotatable bonds is 7. The van der Waals surface area contributed by atoms with E-state index in [1.165, 1.54) is 49.1 Å². The first-order valence-electron chi connectivity index (χ1n) is 11.3. The van der Waals surface area contributed by atoms with Gasteiger partial charge in [-0.25, -0.2) is 4.98 Å². The van der Waals surface area contributed by atoms with Crippen LogP contribution in [0.15, 0.2) is 30.5 Å². The van der Waals surface area contributed by atoms with Gasteiger partial charge in [0.15, 0.2) is 6.04 Å². The van der Waals surface area contributed by atoms with E-state index in [2.05, 4.69) is 20.4 Å². The van der Waals surface area contributed by atoms with Crippen molar-refractivity contribution in [3.05, 3.63) is 47.0 Å². The minimum absolute atomic E-state index is 0.0228. The number of hydrogen-bond donors (Lipinski definition) is 1. The summed E-state index contributed by atoms with van der Waals surface area (Å²) >= 11 is 5.93. The number of anilines is 2. The molecule has 1 amide bonds. The largest absolute Gasteiger partial charge is 0.413 e. The lowest BCUT2D eigenvalue weighted by atomic mass is 10.0. The van der Waals surface area contributed by atoms with E-state index in [0.717, 1.165) is 4.90 Å². The van der Waals surface area contributed by atoms with E-state index in [1.807, 2.05) is 18.9 Å². The fourth-order valence-corrected chi connectivity index (χ4v) is 4.67. The molecule has 1 fully saturated rings. The fraction of sp³-hybridized carbons (Fsp3) is 0.478. The van der Waals surface area contributed by atoms with Gasteiger partial charge in [-0.1, -0.05) is 12.1 Å². The first-order valence-corrected chi connectivity index (χ1v) is 11.7. The van der Waals surface area contributed by atoms with E-state index >= 15 is 0 Å². The molecular formula is C23H27ClF3N7O2. The van der Waals surface area contributed by atoms with Crippen LogP contribution in [-0.2, 0) is 9.53 Å². The van der Waals surface area contributed by atoms with Crippen LogP contribution in [0.4, 0.5) is 24.5 Å². The Morgan fingerprint density at radius 2 is 2.00 bits per heavy atom. The van der Waals surface area contributed by atoms with Gasteiger partial charge in [0.25, 0.3) is 5.78 Å². The molecule has 0 aliphatic carbocycles. The predicted octanol–water partition coefficient (Wildman–Crippen LogP) is 4.24. The Kier molecular flexibility index (Phi) is 7.39. The molecule has 1 aromatic carbocycles. The molecule has 1 saturated heterocycles.